The Hall–Kier alpha value is -2.18. The third-order valence-corrected chi connectivity index (χ3v) is 2.39. The Morgan fingerprint density at radius 2 is 1.85 bits per heavy atom. The second kappa shape index (κ2) is 5.85. The van der Waals surface area contributed by atoms with Crippen molar-refractivity contribution in [3.05, 3.63) is 40.7 Å². The van der Waals surface area contributed by atoms with Gasteiger partial charge in [-0.3, -0.25) is 4.79 Å². The molecule has 20 heavy (non-hydrogen) atoms. The van der Waals surface area contributed by atoms with E-state index in [2.05, 4.69) is 4.74 Å². The Kier molecular flexibility index (Phi) is 4.65. The maximum absolute atomic E-state index is 13.1. The van der Waals surface area contributed by atoms with Crippen LogP contribution in [0.1, 0.15) is 18.1 Å². The average molecular weight is 290 g/mol. The van der Waals surface area contributed by atoms with Gasteiger partial charge in [-0.2, -0.15) is 13.2 Å². The molecule has 0 spiro atoms. The second-order valence-corrected chi connectivity index (χ2v) is 3.84. The number of carbonyl (C=O) groups excluding carboxylic acids is 2. The van der Waals surface area contributed by atoms with Gasteiger partial charge in [0.2, 0.25) is 0 Å². The SMILES string of the molecule is COC(=O)/C(=C\c1ccc(F)c(C(F)(F)F)c1)C(C)=O. The fourth-order valence-corrected chi connectivity index (χ4v) is 1.43. The molecule has 0 aliphatic heterocycles. The number of ether oxygens (including phenoxy) is 1. The zero-order valence-corrected chi connectivity index (χ0v) is 10.5. The van der Waals surface area contributed by atoms with Crippen molar-refractivity contribution >= 4 is 17.8 Å². The summed E-state index contributed by atoms with van der Waals surface area (Å²) in [7, 11) is 1.03. The number of carbonyl (C=O) groups is 2. The summed E-state index contributed by atoms with van der Waals surface area (Å²) < 4.78 is 55.0. The number of ketones is 1. The van der Waals surface area contributed by atoms with Crippen LogP contribution in [0.25, 0.3) is 6.08 Å². The minimum atomic E-state index is -4.87. The summed E-state index contributed by atoms with van der Waals surface area (Å²) in [6.45, 7) is 1.07. The van der Waals surface area contributed by atoms with Gasteiger partial charge >= 0.3 is 12.1 Å². The van der Waals surface area contributed by atoms with Gasteiger partial charge in [0.15, 0.2) is 5.78 Å². The predicted molar refractivity (Wildman–Crippen MR) is 62.1 cm³/mol. The van der Waals surface area contributed by atoms with E-state index in [0.717, 1.165) is 26.2 Å². The molecule has 3 nitrogen and oxygen atoms in total. The Morgan fingerprint density at radius 3 is 2.30 bits per heavy atom. The van der Waals surface area contributed by atoms with E-state index >= 15 is 0 Å². The number of rotatable bonds is 3. The first-order valence-corrected chi connectivity index (χ1v) is 5.34. The van der Waals surface area contributed by atoms with Gasteiger partial charge in [0.1, 0.15) is 11.4 Å². The van der Waals surface area contributed by atoms with Crippen LogP contribution < -0.4 is 0 Å². The number of alkyl halides is 3. The fourth-order valence-electron chi connectivity index (χ4n) is 1.43. The molecule has 0 saturated heterocycles. The number of hydrogen-bond donors (Lipinski definition) is 0. The molecule has 0 heterocycles. The number of benzene rings is 1. The number of halogens is 4. The number of esters is 1. The molecule has 7 heteroatoms. The van der Waals surface area contributed by atoms with E-state index in [0.29, 0.717) is 12.1 Å². The molecular weight excluding hydrogens is 280 g/mol. The summed E-state index contributed by atoms with van der Waals surface area (Å²) in [5, 5.41) is 0. The molecule has 0 aliphatic carbocycles. The van der Waals surface area contributed by atoms with Crippen molar-refractivity contribution in [2.24, 2.45) is 0 Å². The fraction of sp³-hybridized carbons (Fsp3) is 0.231. The lowest BCUT2D eigenvalue weighted by Crippen LogP contribution is -2.12. The van der Waals surface area contributed by atoms with Crippen molar-refractivity contribution in [1.82, 2.24) is 0 Å². The van der Waals surface area contributed by atoms with Crippen LogP contribution in [0, 0.1) is 5.82 Å². The van der Waals surface area contributed by atoms with Crippen molar-refractivity contribution in [1.29, 1.82) is 0 Å². The number of methoxy groups -OCH3 is 1. The molecule has 108 valence electrons. The van der Waals surface area contributed by atoms with Crippen molar-refractivity contribution < 1.29 is 31.9 Å². The third kappa shape index (κ3) is 3.66. The van der Waals surface area contributed by atoms with Crippen LogP contribution in [0.15, 0.2) is 23.8 Å². The third-order valence-electron chi connectivity index (χ3n) is 2.39. The summed E-state index contributed by atoms with van der Waals surface area (Å²) in [6, 6.07) is 2.15. The van der Waals surface area contributed by atoms with E-state index in [4.69, 9.17) is 0 Å². The number of hydrogen-bond acceptors (Lipinski definition) is 3. The van der Waals surface area contributed by atoms with Crippen LogP contribution >= 0.6 is 0 Å². The monoisotopic (exact) mass is 290 g/mol. The standard InChI is InChI=1S/C13H10F4O3/c1-7(18)9(12(19)20-2)5-8-3-4-11(14)10(6-8)13(15,16)17/h3-6H,1-2H3/b9-5-. The highest BCUT2D eigenvalue weighted by Crippen LogP contribution is 2.32. The average Bonchev–Trinajstić information content (AvgIpc) is 2.35. The molecule has 0 atom stereocenters. The molecule has 1 aromatic carbocycles. The molecule has 0 amide bonds. The molecule has 1 aromatic rings. The smallest absolute Gasteiger partial charge is 0.419 e. The van der Waals surface area contributed by atoms with E-state index in [1.54, 1.807) is 0 Å². The quantitative estimate of drug-likeness (QED) is 0.282. The number of Topliss-reactive ketones (excluding diaryl/α,β-unsaturated/α-hetero) is 1. The van der Waals surface area contributed by atoms with Crippen LogP contribution in [0.5, 0.6) is 0 Å². The Morgan fingerprint density at radius 1 is 1.25 bits per heavy atom. The summed E-state index contributed by atoms with van der Waals surface area (Å²) in [4.78, 5) is 22.5. The zero-order valence-electron chi connectivity index (χ0n) is 10.5. The van der Waals surface area contributed by atoms with Crippen molar-refractivity contribution in [2.45, 2.75) is 13.1 Å². The maximum atomic E-state index is 13.1. The first-order chi connectivity index (χ1) is 9.16. The van der Waals surface area contributed by atoms with Crippen LogP contribution in [-0.2, 0) is 20.5 Å². The van der Waals surface area contributed by atoms with Crippen LogP contribution in [0.3, 0.4) is 0 Å². The van der Waals surface area contributed by atoms with Crippen LogP contribution in [0.2, 0.25) is 0 Å². The minimum Gasteiger partial charge on any atom is -0.465 e. The minimum absolute atomic E-state index is 0.130. The normalized spacial score (nSPS) is 12.2. The van der Waals surface area contributed by atoms with Crippen molar-refractivity contribution in [3.63, 3.8) is 0 Å². The van der Waals surface area contributed by atoms with Gasteiger partial charge in [-0.1, -0.05) is 6.07 Å². The van der Waals surface area contributed by atoms with Gasteiger partial charge in [-0.15, -0.1) is 0 Å². The molecule has 0 bridgehead atoms. The van der Waals surface area contributed by atoms with Crippen molar-refractivity contribution in [2.75, 3.05) is 7.11 Å². The molecule has 0 fully saturated rings. The van der Waals surface area contributed by atoms with Gasteiger partial charge in [-0.05, 0) is 30.7 Å². The van der Waals surface area contributed by atoms with E-state index in [9.17, 15) is 27.2 Å². The molecule has 0 aromatic heterocycles. The summed E-state index contributed by atoms with van der Waals surface area (Å²) in [5.41, 5.74) is -2.03. The highest BCUT2D eigenvalue weighted by molar-refractivity contribution is 6.19. The molecule has 0 radical (unpaired) electrons. The van der Waals surface area contributed by atoms with Gasteiger partial charge in [0.25, 0.3) is 0 Å². The van der Waals surface area contributed by atoms with E-state index in [-0.39, 0.29) is 5.56 Å². The highest BCUT2D eigenvalue weighted by atomic mass is 19.4. The predicted octanol–water partition coefficient (Wildman–Crippen LogP) is 2.99. The lowest BCUT2D eigenvalue weighted by Gasteiger charge is -2.09. The Balaban J connectivity index is 3.34. The van der Waals surface area contributed by atoms with E-state index < -0.39 is 34.9 Å². The molecular formula is C13H10F4O3. The highest BCUT2D eigenvalue weighted by Gasteiger charge is 2.34. The van der Waals surface area contributed by atoms with Gasteiger partial charge in [0.05, 0.1) is 12.7 Å². The van der Waals surface area contributed by atoms with Crippen LogP contribution in [0.4, 0.5) is 17.6 Å². The molecule has 0 aliphatic rings. The first kappa shape index (κ1) is 15.9. The van der Waals surface area contributed by atoms with Gasteiger partial charge < -0.3 is 4.74 Å². The van der Waals surface area contributed by atoms with Crippen molar-refractivity contribution in [3.8, 4) is 0 Å². The molecule has 0 unspecified atom stereocenters. The summed E-state index contributed by atoms with van der Waals surface area (Å²) >= 11 is 0. The summed E-state index contributed by atoms with van der Waals surface area (Å²) in [6.07, 6.45) is -3.95. The van der Waals surface area contributed by atoms with Gasteiger partial charge in [0, 0.05) is 0 Å². The van der Waals surface area contributed by atoms with Gasteiger partial charge in [-0.25, -0.2) is 9.18 Å². The molecule has 0 N–H and O–H groups in total. The lowest BCUT2D eigenvalue weighted by molar-refractivity contribution is -0.140. The lowest BCUT2D eigenvalue weighted by atomic mass is 10.0. The Bertz CT molecular complexity index is 573. The maximum Gasteiger partial charge on any atom is 0.419 e. The van der Waals surface area contributed by atoms with E-state index in [1.807, 2.05) is 0 Å². The molecule has 1 rings (SSSR count). The Labute approximate surface area is 111 Å². The first-order valence-electron chi connectivity index (χ1n) is 5.34. The topological polar surface area (TPSA) is 43.4 Å². The van der Waals surface area contributed by atoms with E-state index in [1.165, 1.54) is 0 Å². The zero-order chi connectivity index (χ0) is 15.5. The summed E-state index contributed by atoms with van der Waals surface area (Å²) in [5.74, 6) is -3.08. The second-order valence-electron chi connectivity index (χ2n) is 3.84. The molecule has 0 saturated carbocycles. The van der Waals surface area contributed by atoms with Crippen LogP contribution in [-0.4, -0.2) is 18.9 Å². The largest absolute Gasteiger partial charge is 0.465 e.